The van der Waals surface area contributed by atoms with Crippen LogP contribution in [0, 0.1) is 20.4 Å². The van der Waals surface area contributed by atoms with Crippen LogP contribution >= 0.6 is 0 Å². The van der Waals surface area contributed by atoms with E-state index in [1.54, 1.807) is 6.92 Å². The first-order chi connectivity index (χ1) is 4.00. The Morgan fingerprint density at radius 3 is 1.42 bits per heavy atom. The van der Waals surface area contributed by atoms with Gasteiger partial charge in [0.2, 0.25) is 0 Å². The zero-order valence-corrected chi connectivity index (χ0v) is 14.7. The number of benzene rings is 1. The fourth-order valence-corrected chi connectivity index (χ4v) is 0.342. The molecule has 0 nitrogen and oxygen atoms in total. The molecule has 66 valence electrons. The first-order valence-electron chi connectivity index (χ1n) is 2.62. The summed E-state index contributed by atoms with van der Waals surface area (Å²) < 4.78 is 0. The van der Waals surface area contributed by atoms with Crippen LogP contribution in [0.4, 0.5) is 0 Å². The van der Waals surface area contributed by atoms with Gasteiger partial charge in [0.1, 0.15) is 0 Å². The van der Waals surface area contributed by atoms with E-state index in [4.69, 9.17) is 0 Å². The van der Waals surface area contributed by atoms with Crippen molar-refractivity contribution in [2.45, 2.75) is 6.92 Å². The molecule has 0 bridgehead atoms. The van der Waals surface area contributed by atoms with Crippen LogP contribution in [-0.2, 0) is 72.3 Å². The van der Waals surface area contributed by atoms with Crippen molar-refractivity contribution in [2.75, 3.05) is 0 Å². The summed E-state index contributed by atoms with van der Waals surface area (Å²) >= 11 is 0. The van der Waals surface area contributed by atoms with E-state index in [1.165, 1.54) is 0 Å². The first-order valence-corrected chi connectivity index (χ1v) is 2.62. The predicted molar refractivity (Wildman–Crippen MR) is 42.7 cm³/mol. The summed E-state index contributed by atoms with van der Waals surface area (Å²) in [7, 11) is 0. The molecule has 0 amide bonds. The molecule has 0 fully saturated rings. The van der Waals surface area contributed by atoms with E-state index in [-0.39, 0.29) is 79.8 Å². The molecule has 0 aliphatic heterocycles. The van der Waals surface area contributed by atoms with Gasteiger partial charge >= 0.3 is 0 Å². The minimum Gasteiger partial charge on any atom is -0.358 e. The van der Waals surface area contributed by atoms with Gasteiger partial charge in [0.25, 0.3) is 0 Å². The van der Waals surface area contributed by atoms with Crippen molar-refractivity contribution in [1.82, 2.24) is 0 Å². The quantitative estimate of drug-likeness (QED) is 0.540. The largest absolute Gasteiger partial charge is 0.358 e. The standard InChI is InChI=1S/C6H5.C2H5.CH3.V.W.Y/c1-2-4-6-5-3-1;1-2;;;;/h1-5H;1H2,2H3;1H3;;;/q3*-1;;;. The van der Waals surface area contributed by atoms with E-state index >= 15 is 0 Å². The van der Waals surface area contributed by atoms with Crippen molar-refractivity contribution in [3.05, 3.63) is 50.7 Å². The fraction of sp³-hybridized carbons (Fsp3) is 0.111. The second-order valence-electron chi connectivity index (χ2n) is 1.08. The third kappa shape index (κ3) is 22.6. The van der Waals surface area contributed by atoms with Gasteiger partial charge in [-0.1, -0.05) is 0 Å². The molecule has 3 heteroatoms. The summed E-state index contributed by atoms with van der Waals surface area (Å²) in [5.74, 6) is 0. The van der Waals surface area contributed by atoms with Crippen LogP contribution in [-0.4, -0.2) is 0 Å². The summed E-state index contributed by atoms with van der Waals surface area (Å²) in [6.07, 6.45) is 0. The molecule has 0 aliphatic carbocycles. The van der Waals surface area contributed by atoms with Gasteiger partial charge in [0.05, 0.1) is 0 Å². The summed E-state index contributed by atoms with van der Waals surface area (Å²) in [5.41, 5.74) is 0. The number of hydrogen-bond donors (Lipinski definition) is 0. The van der Waals surface area contributed by atoms with Gasteiger partial charge < -0.3 is 14.4 Å². The van der Waals surface area contributed by atoms with Crippen molar-refractivity contribution >= 4 is 0 Å². The average molecular weight is 445 g/mol. The van der Waals surface area contributed by atoms with Crippen LogP contribution in [0.1, 0.15) is 6.92 Å². The van der Waals surface area contributed by atoms with E-state index in [1.807, 2.05) is 30.3 Å². The average Bonchev–Trinajstić information content (AvgIpc) is 1.96. The van der Waals surface area contributed by atoms with Crippen molar-refractivity contribution < 1.29 is 72.3 Å². The van der Waals surface area contributed by atoms with E-state index in [9.17, 15) is 0 Å². The van der Waals surface area contributed by atoms with Crippen molar-refractivity contribution in [1.29, 1.82) is 0 Å². The molecule has 0 heterocycles. The van der Waals surface area contributed by atoms with E-state index in [0.29, 0.717) is 0 Å². The normalized spacial score (nSPS) is 4.50. The van der Waals surface area contributed by atoms with Gasteiger partial charge in [-0.2, -0.15) is 43.3 Å². The Balaban J connectivity index is -0.0000000257. The minimum atomic E-state index is 0. The molecule has 0 atom stereocenters. The van der Waals surface area contributed by atoms with Crippen LogP contribution < -0.4 is 0 Å². The molecule has 0 spiro atoms. The van der Waals surface area contributed by atoms with Crippen molar-refractivity contribution in [2.24, 2.45) is 0 Å². The Morgan fingerprint density at radius 1 is 1.00 bits per heavy atom. The first kappa shape index (κ1) is 29.2. The van der Waals surface area contributed by atoms with Gasteiger partial charge in [-0.05, 0) is 0 Å². The summed E-state index contributed by atoms with van der Waals surface area (Å²) in [5, 5.41) is 0. The summed E-state index contributed by atoms with van der Waals surface area (Å²) in [6.45, 7) is 5.00. The molecule has 2 radical (unpaired) electrons. The van der Waals surface area contributed by atoms with Gasteiger partial charge in [-0.3, -0.25) is 0 Å². The van der Waals surface area contributed by atoms with Crippen LogP contribution in [0.5, 0.6) is 0 Å². The smallest absolute Gasteiger partial charge is 0 e. The topological polar surface area (TPSA) is 0 Å². The Bertz CT molecular complexity index is 86.5. The van der Waals surface area contributed by atoms with Crippen molar-refractivity contribution in [3.63, 3.8) is 0 Å². The number of rotatable bonds is 0. The zero-order chi connectivity index (χ0) is 6.24. The third-order valence-electron chi connectivity index (χ3n) is 0.607. The van der Waals surface area contributed by atoms with E-state index in [2.05, 4.69) is 13.0 Å². The van der Waals surface area contributed by atoms with Gasteiger partial charge in [0.15, 0.2) is 0 Å². The Labute approximate surface area is 128 Å². The second kappa shape index (κ2) is 29.4. The second-order valence-corrected chi connectivity index (χ2v) is 1.08. The van der Waals surface area contributed by atoms with Crippen LogP contribution in [0.3, 0.4) is 0 Å². The molecular weight excluding hydrogens is 432 g/mol. The molecule has 1 rings (SSSR count). The predicted octanol–water partition coefficient (Wildman–Crippen LogP) is 2.77. The molecule has 0 aliphatic rings. The Hall–Kier alpha value is 1.60. The van der Waals surface area contributed by atoms with Crippen LogP contribution in [0.25, 0.3) is 0 Å². The molecular formula is C9H13VWY-3. The maximum Gasteiger partial charge on any atom is 0 e. The van der Waals surface area contributed by atoms with Gasteiger partial charge in [-0.25, -0.2) is 0 Å². The molecule has 0 aromatic heterocycles. The molecule has 0 N–H and O–H groups in total. The SMILES string of the molecule is [CH2-]C.[CH3-].[V].[W].[Y].[c-]1ccccc1. The maximum atomic E-state index is 3.25. The third-order valence-corrected chi connectivity index (χ3v) is 0.607. The maximum absolute atomic E-state index is 3.25. The monoisotopic (exact) mass is 445 g/mol. The van der Waals surface area contributed by atoms with Gasteiger partial charge in [-0.15, -0.1) is 0 Å². The molecule has 0 unspecified atom stereocenters. The Kier molecular flexibility index (Phi) is 71.4. The fourth-order valence-electron chi connectivity index (χ4n) is 0.342. The van der Waals surface area contributed by atoms with E-state index < -0.39 is 0 Å². The minimum absolute atomic E-state index is 0. The van der Waals surface area contributed by atoms with Crippen LogP contribution in [0.15, 0.2) is 30.3 Å². The molecule has 0 saturated carbocycles. The molecule has 1 aromatic carbocycles. The molecule has 12 heavy (non-hydrogen) atoms. The van der Waals surface area contributed by atoms with Crippen molar-refractivity contribution in [3.8, 4) is 0 Å². The summed E-state index contributed by atoms with van der Waals surface area (Å²) in [6, 6.07) is 12.5. The zero-order valence-electron chi connectivity index (χ0n) is 7.53. The van der Waals surface area contributed by atoms with Crippen LogP contribution in [0.2, 0.25) is 0 Å². The van der Waals surface area contributed by atoms with E-state index in [0.717, 1.165) is 0 Å². The number of hydrogen-bond acceptors (Lipinski definition) is 0. The molecule has 1 aromatic rings. The Morgan fingerprint density at radius 2 is 1.33 bits per heavy atom. The summed E-state index contributed by atoms with van der Waals surface area (Å²) in [4.78, 5) is 0. The molecule has 0 saturated heterocycles. The van der Waals surface area contributed by atoms with Gasteiger partial charge in [0, 0.05) is 72.3 Å².